The van der Waals surface area contributed by atoms with Gasteiger partial charge in [-0.25, -0.2) is 9.78 Å². The van der Waals surface area contributed by atoms with E-state index in [1.54, 1.807) is 17.1 Å². The first kappa shape index (κ1) is 9.73. The van der Waals surface area contributed by atoms with Gasteiger partial charge in [-0.3, -0.25) is 0 Å². The molecule has 0 saturated heterocycles. The molecular formula is C8H12N2O3. The maximum atomic E-state index is 10.3. The van der Waals surface area contributed by atoms with Crippen LogP contribution in [0.2, 0.25) is 0 Å². The molecule has 0 aliphatic carbocycles. The zero-order valence-corrected chi connectivity index (χ0v) is 7.34. The Bertz CT molecular complexity index is 295. The number of nitrogens with zero attached hydrogens (tertiary/aromatic N) is 2. The summed E-state index contributed by atoms with van der Waals surface area (Å²) in [5, 5.41) is 17.5. The molecule has 1 aromatic rings. The van der Waals surface area contributed by atoms with Crippen LogP contribution in [0.4, 0.5) is 0 Å². The molecule has 1 unspecified atom stereocenters. The fraction of sp³-hybridized carbons (Fsp3) is 0.500. The topological polar surface area (TPSA) is 75.3 Å². The van der Waals surface area contributed by atoms with Crippen molar-refractivity contribution in [3.63, 3.8) is 0 Å². The number of aliphatic carboxylic acids is 1. The first-order valence-electron chi connectivity index (χ1n) is 4.05. The SMILES string of the molecule is CCn1cncc1CC(O)C(=O)O. The number of hydrogen-bond acceptors (Lipinski definition) is 3. The largest absolute Gasteiger partial charge is 0.479 e. The van der Waals surface area contributed by atoms with Gasteiger partial charge < -0.3 is 14.8 Å². The van der Waals surface area contributed by atoms with E-state index in [-0.39, 0.29) is 6.42 Å². The van der Waals surface area contributed by atoms with E-state index in [2.05, 4.69) is 4.98 Å². The number of hydrogen-bond donors (Lipinski definition) is 2. The van der Waals surface area contributed by atoms with Crippen LogP contribution in [0.15, 0.2) is 12.5 Å². The van der Waals surface area contributed by atoms with Crippen molar-refractivity contribution in [2.75, 3.05) is 0 Å². The molecule has 1 aromatic heterocycles. The van der Waals surface area contributed by atoms with Gasteiger partial charge in [0.15, 0.2) is 6.10 Å². The van der Waals surface area contributed by atoms with Gasteiger partial charge >= 0.3 is 5.97 Å². The fourth-order valence-electron chi connectivity index (χ4n) is 1.09. The van der Waals surface area contributed by atoms with Crippen molar-refractivity contribution >= 4 is 5.97 Å². The van der Waals surface area contributed by atoms with E-state index >= 15 is 0 Å². The molecule has 1 atom stereocenters. The van der Waals surface area contributed by atoms with Crippen molar-refractivity contribution in [3.8, 4) is 0 Å². The summed E-state index contributed by atoms with van der Waals surface area (Å²) >= 11 is 0. The summed E-state index contributed by atoms with van der Waals surface area (Å²) in [7, 11) is 0. The van der Waals surface area contributed by atoms with Gasteiger partial charge in [0.2, 0.25) is 0 Å². The third kappa shape index (κ3) is 2.29. The van der Waals surface area contributed by atoms with E-state index in [4.69, 9.17) is 10.2 Å². The van der Waals surface area contributed by atoms with Gasteiger partial charge in [0.1, 0.15) is 0 Å². The Morgan fingerprint density at radius 2 is 2.46 bits per heavy atom. The van der Waals surface area contributed by atoms with Crippen LogP contribution in [0, 0.1) is 0 Å². The first-order chi connectivity index (χ1) is 6.15. The van der Waals surface area contributed by atoms with E-state index in [1.165, 1.54) is 0 Å². The standard InChI is InChI=1S/C8H12N2O3/c1-2-10-5-9-4-6(10)3-7(11)8(12)13/h4-5,7,11H,2-3H2,1H3,(H,12,13). The van der Waals surface area contributed by atoms with Crippen LogP contribution in [-0.4, -0.2) is 31.8 Å². The van der Waals surface area contributed by atoms with Crippen LogP contribution in [0.3, 0.4) is 0 Å². The smallest absolute Gasteiger partial charge is 0.332 e. The minimum Gasteiger partial charge on any atom is -0.479 e. The summed E-state index contributed by atoms with van der Waals surface area (Å²) in [6.45, 7) is 2.65. The van der Waals surface area contributed by atoms with Crippen molar-refractivity contribution in [1.82, 2.24) is 9.55 Å². The zero-order valence-electron chi connectivity index (χ0n) is 7.34. The van der Waals surface area contributed by atoms with Crippen LogP contribution in [-0.2, 0) is 17.8 Å². The second kappa shape index (κ2) is 4.04. The lowest BCUT2D eigenvalue weighted by atomic mass is 10.2. The Labute approximate surface area is 75.6 Å². The van der Waals surface area contributed by atoms with Crippen LogP contribution in [0.25, 0.3) is 0 Å². The maximum absolute atomic E-state index is 10.3. The summed E-state index contributed by atoms with van der Waals surface area (Å²) in [6.07, 6.45) is 1.94. The number of aryl methyl sites for hydroxylation is 1. The molecule has 0 fully saturated rings. The first-order valence-corrected chi connectivity index (χ1v) is 4.05. The van der Waals surface area contributed by atoms with Crippen molar-refractivity contribution in [3.05, 3.63) is 18.2 Å². The number of aromatic nitrogens is 2. The lowest BCUT2D eigenvalue weighted by molar-refractivity contribution is -0.146. The zero-order chi connectivity index (χ0) is 9.84. The molecule has 1 rings (SSSR count). The Balaban J connectivity index is 2.68. The van der Waals surface area contributed by atoms with Gasteiger partial charge in [-0.15, -0.1) is 0 Å². The van der Waals surface area contributed by atoms with Gasteiger partial charge in [-0.1, -0.05) is 0 Å². The number of aliphatic hydroxyl groups is 1. The summed E-state index contributed by atoms with van der Waals surface area (Å²) in [5.74, 6) is -1.20. The third-order valence-electron chi connectivity index (χ3n) is 1.83. The molecule has 0 radical (unpaired) electrons. The summed E-state index contributed by atoms with van der Waals surface area (Å²) in [4.78, 5) is 14.2. The summed E-state index contributed by atoms with van der Waals surface area (Å²) < 4.78 is 1.80. The highest BCUT2D eigenvalue weighted by molar-refractivity contribution is 5.72. The molecular weight excluding hydrogens is 172 g/mol. The quantitative estimate of drug-likeness (QED) is 0.684. The molecule has 0 aliphatic rings. The number of aliphatic hydroxyl groups excluding tert-OH is 1. The number of rotatable bonds is 4. The minimum atomic E-state index is -1.35. The molecule has 0 spiro atoms. The molecule has 0 bridgehead atoms. The number of carboxylic acids is 1. The average Bonchev–Trinajstić information content (AvgIpc) is 2.51. The Kier molecular flexibility index (Phi) is 3.02. The van der Waals surface area contributed by atoms with E-state index < -0.39 is 12.1 Å². The maximum Gasteiger partial charge on any atom is 0.332 e. The third-order valence-corrected chi connectivity index (χ3v) is 1.83. The van der Waals surface area contributed by atoms with E-state index in [0.717, 1.165) is 12.2 Å². The summed E-state index contributed by atoms with van der Waals surface area (Å²) in [6, 6.07) is 0. The van der Waals surface area contributed by atoms with Gasteiger partial charge in [0.25, 0.3) is 0 Å². The molecule has 5 nitrogen and oxygen atoms in total. The Morgan fingerprint density at radius 3 is 3.00 bits per heavy atom. The lowest BCUT2D eigenvalue weighted by Gasteiger charge is -2.06. The van der Waals surface area contributed by atoms with E-state index in [9.17, 15) is 4.79 Å². The molecule has 72 valence electrons. The molecule has 5 heteroatoms. The second-order valence-electron chi connectivity index (χ2n) is 2.73. The molecule has 2 N–H and O–H groups in total. The van der Waals surface area contributed by atoms with Crippen LogP contribution in [0.5, 0.6) is 0 Å². The molecule has 0 aliphatic heterocycles. The van der Waals surface area contributed by atoms with Gasteiger partial charge in [0.05, 0.1) is 6.33 Å². The normalized spacial score (nSPS) is 12.8. The van der Waals surface area contributed by atoms with E-state index in [1.807, 2.05) is 6.92 Å². The number of carboxylic acid groups (broad SMARTS) is 1. The van der Waals surface area contributed by atoms with Crippen LogP contribution >= 0.6 is 0 Å². The molecule has 0 aromatic carbocycles. The van der Waals surface area contributed by atoms with Crippen molar-refractivity contribution in [2.24, 2.45) is 0 Å². The molecule has 1 heterocycles. The highest BCUT2D eigenvalue weighted by Crippen LogP contribution is 2.03. The summed E-state index contributed by atoms with van der Waals surface area (Å²) in [5.41, 5.74) is 0.734. The highest BCUT2D eigenvalue weighted by atomic mass is 16.4. The van der Waals surface area contributed by atoms with E-state index in [0.29, 0.717) is 0 Å². The monoisotopic (exact) mass is 184 g/mol. The average molecular weight is 184 g/mol. The van der Waals surface area contributed by atoms with Crippen molar-refractivity contribution < 1.29 is 15.0 Å². The van der Waals surface area contributed by atoms with Crippen LogP contribution in [0.1, 0.15) is 12.6 Å². The predicted octanol–water partition coefficient (Wildman–Crippen LogP) is -0.109. The Morgan fingerprint density at radius 1 is 1.77 bits per heavy atom. The molecule has 0 saturated carbocycles. The van der Waals surface area contributed by atoms with Gasteiger partial charge in [0, 0.05) is 24.9 Å². The van der Waals surface area contributed by atoms with Crippen molar-refractivity contribution in [1.29, 1.82) is 0 Å². The number of carbonyl (C=O) groups is 1. The molecule has 13 heavy (non-hydrogen) atoms. The molecule has 0 amide bonds. The van der Waals surface area contributed by atoms with Gasteiger partial charge in [-0.05, 0) is 6.92 Å². The number of imidazole rings is 1. The minimum absolute atomic E-state index is 0.100. The van der Waals surface area contributed by atoms with Crippen molar-refractivity contribution in [2.45, 2.75) is 26.0 Å². The van der Waals surface area contributed by atoms with Crippen LogP contribution < -0.4 is 0 Å². The fourth-order valence-corrected chi connectivity index (χ4v) is 1.09. The Hall–Kier alpha value is -1.36. The van der Waals surface area contributed by atoms with Gasteiger partial charge in [-0.2, -0.15) is 0 Å². The highest BCUT2D eigenvalue weighted by Gasteiger charge is 2.15. The second-order valence-corrected chi connectivity index (χ2v) is 2.73. The lowest BCUT2D eigenvalue weighted by Crippen LogP contribution is -2.23. The predicted molar refractivity (Wildman–Crippen MR) is 45.2 cm³/mol.